The molecule has 0 aromatic heterocycles. The Kier molecular flexibility index (Phi) is 8.26. The van der Waals surface area contributed by atoms with Crippen LogP contribution in [-0.4, -0.2) is 18.6 Å². The Bertz CT molecular complexity index is 436. The average molecular weight is 301 g/mol. The average Bonchev–Trinajstić information content (AvgIpc) is 2.37. The van der Waals surface area contributed by atoms with Crippen LogP contribution in [0.15, 0.2) is 18.2 Å². The molecule has 2 atom stereocenters. The maximum absolute atomic E-state index is 12.0. The van der Waals surface area contributed by atoms with E-state index in [0.717, 1.165) is 12.0 Å². The quantitative estimate of drug-likeness (QED) is 0.848. The minimum atomic E-state index is -0.236. The maximum atomic E-state index is 12.0. The molecule has 20 heavy (non-hydrogen) atoms. The van der Waals surface area contributed by atoms with Crippen molar-refractivity contribution in [3.8, 4) is 5.75 Å². The summed E-state index contributed by atoms with van der Waals surface area (Å²) in [5, 5.41) is 2.88. The van der Waals surface area contributed by atoms with Crippen molar-refractivity contribution in [3.05, 3.63) is 23.8 Å². The molecule has 114 valence electrons. The van der Waals surface area contributed by atoms with E-state index in [1.165, 1.54) is 0 Å². The van der Waals surface area contributed by atoms with Crippen LogP contribution in [0, 0.1) is 12.8 Å². The number of carbonyl (C=O) groups excluding carboxylic acids is 1. The summed E-state index contributed by atoms with van der Waals surface area (Å²) in [7, 11) is 0. The summed E-state index contributed by atoms with van der Waals surface area (Å²) in [6.07, 6.45) is 0.928. The molecule has 0 radical (unpaired) electrons. The van der Waals surface area contributed by atoms with Crippen molar-refractivity contribution in [1.82, 2.24) is 0 Å². The van der Waals surface area contributed by atoms with Gasteiger partial charge in [-0.15, -0.1) is 12.4 Å². The fourth-order valence-electron chi connectivity index (χ4n) is 1.55. The molecule has 1 amide bonds. The van der Waals surface area contributed by atoms with Crippen LogP contribution in [0.25, 0.3) is 0 Å². The molecule has 1 aromatic carbocycles. The van der Waals surface area contributed by atoms with Crippen LogP contribution >= 0.6 is 12.4 Å². The highest BCUT2D eigenvalue weighted by atomic mass is 35.5. The Morgan fingerprint density at radius 3 is 2.60 bits per heavy atom. The largest absolute Gasteiger partial charge is 0.491 e. The molecule has 4 nitrogen and oxygen atoms in total. The van der Waals surface area contributed by atoms with E-state index in [1.54, 1.807) is 0 Å². The number of ether oxygens (including phenoxy) is 1. The second kappa shape index (κ2) is 8.82. The standard InChI is InChI=1S/C15H24N2O2.ClH/c1-5-8-19-14-9-10(2)6-7-13(14)17-15(18)11(3)12(4)16;/h6-7,9,11-12H,5,8,16H2,1-4H3,(H,17,18);1H. The SMILES string of the molecule is CCCOc1cc(C)ccc1NC(=O)C(C)C(C)N.Cl. The van der Waals surface area contributed by atoms with Gasteiger partial charge >= 0.3 is 0 Å². The highest BCUT2D eigenvalue weighted by Gasteiger charge is 2.18. The van der Waals surface area contributed by atoms with E-state index in [2.05, 4.69) is 5.32 Å². The number of aryl methyl sites for hydroxylation is 1. The monoisotopic (exact) mass is 300 g/mol. The molecule has 0 bridgehead atoms. The minimum Gasteiger partial charge on any atom is -0.491 e. The third-order valence-electron chi connectivity index (χ3n) is 3.06. The number of anilines is 1. The van der Waals surface area contributed by atoms with Gasteiger partial charge < -0.3 is 15.8 Å². The Hall–Kier alpha value is -1.26. The Labute approximate surface area is 127 Å². The highest BCUT2D eigenvalue weighted by Crippen LogP contribution is 2.26. The lowest BCUT2D eigenvalue weighted by atomic mass is 10.0. The van der Waals surface area contributed by atoms with Gasteiger partial charge in [0.15, 0.2) is 0 Å². The molecule has 0 spiro atoms. The molecule has 0 saturated heterocycles. The van der Waals surface area contributed by atoms with Gasteiger partial charge in [0.1, 0.15) is 5.75 Å². The van der Waals surface area contributed by atoms with Crippen molar-refractivity contribution in [1.29, 1.82) is 0 Å². The second-order valence-corrected chi connectivity index (χ2v) is 4.99. The first kappa shape index (κ1) is 18.7. The van der Waals surface area contributed by atoms with Crippen LogP contribution in [0.2, 0.25) is 0 Å². The van der Waals surface area contributed by atoms with Gasteiger partial charge in [0.2, 0.25) is 5.91 Å². The Morgan fingerprint density at radius 2 is 2.05 bits per heavy atom. The molecule has 2 unspecified atom stereocenters. The van der Waals surface area contributed by atoms with E-state index < -0.39 is 0 Å². The van der Waals surface area contributed by atoms with Gasteiger partial charge in [-0.05, 0) is 38.0 Å². The number of rotatable bonds is 6. The van der Waals surface area contributed by atoms with Crippen molar-refractivity contribution < 1.29 is 9.53 Å². The van der Waals surface area contributed by atoms with E-state index in [0.29, 0.717) is 18.0 Å². The number of nitrogens with one attached hydrogen (secondary N) is 1. The summed E-state index contributed by atoms with van der Waals surface area (Å²) in [4.78, 5) is 12.0. The van der Waals surface area contributed by atoms with Crippen LogP contribution in [0.4, 0.5) is 5.69 Å². The fraction of sp³-hybridized carbons (Fsp3) is 0.533. The van der Waals surface area contributed by atoms with E-state index in [4.69, 9.17) is 10.5 Å². The molecule has 0 fully saturated rings. The molecule has 0 saturated carbocycles. The topological polar surface area (TPSA) is 64.3 Å². The van der Waals surface area contributed by atoms with E-state index in [1.807, 2.05) is 45.9 Å². The highest BCUT2D eigenvalue weighted by molar-refractivity contribution is 5.94. The maximum Gasteiger partial charge on any atom is 0.228 e. The molecular formula is C15H25ClN2O2. The van der Waals surface area contributed by atoms with Crippen molar-refractivity contribution >= 4 is 24.0 Å². The lowest BCUT2D eigenvalue weighted by molar-refractivity contribution is -0.119. The third-order valence-corrected chi connectivity index (χ3v) is 3.06. The number of halogens is 1. The molecule has 5 heteroatoms. The van der Waals surface area contributed by atoms with Crippen LogP contribution in [0.5, 0.6) is 5.75 Å². The van der Waals surface area contributed by atoms with Gasteiger partial charge in [-0.2, -0.15) is 0 Å². The first-order chi connectivity index (χ1) is 8.95. The lowest BCUT2D eigenvalue weighted by Crippen LogP contribution is -2.34. The summed E-state index contributed by atoms with van der Waals surface area (Å²) in [6, 6.07) is 5.57. The van der Waals surface area contributed by atoms with Gasteiger partial charge in [-0.1, -0.05) is 19.9 Å². The molecule has 1 rings (SSSR count). The fourth-order valence-corrected chi connectivity index (χ4v) is 1.55. The zero-order valence-electron chi connectivity index (χ0n) is 12.6. The van der Waals surface area contributed by atoms with Crippen molar-refractivity contribution in [2.24, 2.45) is 11.7 Å². The van der Waals surface area contributed by atoms with Gasteiger partial charge in [-0.3, -0.25) is 4.79 Å². The van der Waals surface area contributed by atoms with Crippen LogP contribution in [-0.2, 0) is 4.79 Å². The molecule has 0 heterocycles. The van der Waals surface area contributed by atoms with E-state index in [-0.39, 0.29) is 30.3 Å². The predicted molar refractivity (Wildman–Crippen MR) is 85.7 cm³/mol. The number of nitrogens with two attached hydrogens (primary N) is 1. The van der Waals surface area contributed by atoms with Crippen LogP contribution in [0.3, 0.4) is 0 Å². The lowest BCUT2D eigenvalue weighted by Gasteiger charge is -2.17. The number of carbonyl (C=O) groups is 1. The summed E-state index contributed by atoms with van der Waals surface area (Å²) >= 11 is 0. The smallest absolute Gasteiger partial charge is 0.228 e. The van der Waals surface area contributed by atoms with Gasteiger partial charge in [0.05, 0.1) is 18.2 Å². The Morgan fingerprint density at radius 1 is 1.40 bits per heavy atom. The molecule has 0 aliphatic heterocycles. The van der Waals surface area contributed by atoms with Gasteiger partial charge in [-0.25, -0.2) is 0 Å². The summed E-state index contributed by atoms with van der Waals surface area (Å²) < 4.78 is 5.66. The van der Waals surface area contributed by atoms with Gasteiger partial charge in [0, 0.05) is 6.04 Å². The number of benzene rings is 1. The molecule has 3 N–H and O–H groups in total. The summed E-state index contributed by atoms with van der Waals surface area (Å²) in [6.45, 7) is 8.32. The molecule has 1 aromatic rings. The summed E-state index contributed by atoms with van der Waals surface area (Å²) in [5.41, 5.74) is 7.55. The third kappa shape index (κ3) is 5.39. The van der Waals surface area contributed by atoms with Crippen LogP contribution in [0.1, 0.15) is 32.8 Å². The number of hydrogen-bond acceptors (Lipinski definition) is 3. The zero-order valence-corrected chi connectivity index (χ0v) is 13.4. The summed E-state index contributed by atoms with van der Waals surface area (Å²) in [5.74, 6) is 0.396. The van der Waals surface area contributed by atoms with Crippen LogP contribution < -0.4 is 15.8 Å². The molecule has 0 aliphatic rings. The van der Waals surface area contributed by atoms with Crippen molar-refractivity contribution in [2.75, 3.05) is 11.9 Å². The predicted octanol–water partition coefficient (Wildman–Crippen LogP) is 3.13. The Balaban J connectivity index is 0.00000361. The second-order valence-electron chi connectivity index (χ2n) is 4.99. The zero-order chi connectivity index (χ0) is 14.4. The minimum absolute atomic E-state index is 0. The first-order valence-electron chi connectivity index (χ1n) is 6.75. The van der Waals surface area contributed by atoms with Crippen molar-refractivity contribution in [3.63, 3.8) is 0 Å². The van der Waals surface area contributed by atoms with E-state index >= 15 is 0 Å². The van der Waals surface area contributed by atoms with Crippen molar-refractivity contribution in [2.45, 2.75) is 40.2 Å². The van der Waals surface area contributed by atoms with Gasteiger partial charge in [0.25, 0.3) is 0 Å². The normalized spacial score (nSPS) is 13.1. The molecule has 0 aliphatic carbocycles. The molecular weight excluding hydrogens is 276 g/mol. The number of hydrogen-bond donors (Lipinski definition) is 2. The first-order valence-corrected chi connectivity index (χ1v) is 6.75. The number of amides is 1. The van der Waals surface area contributed by atoms with E-state index in [9.17, 15) is 4.79 Å².